The molecular weight excluding hydrogens is 292 g/mol. The van der Waals surface area contributed by atoms with Crippen LogP contribution in [0, 0.1) is 5.92 Å². The predicted molar refractivity (Wildman–Crippen MR) is 79.1 cm³/mol. The van der Waals surface area contributed by atoms with Crippen LogP contribution in [0.1, 0.15) is 24.5 Å². The van der Waals surface area contributed by atoms with E-state index in [1.54, 1.807) is 4.90 Å². The third-order valence-corrected chi connectivity index (χ3v) is 4.44. The molecule has 0 bridgehead atoms. The first-order valence-electron chi connectivity index (χ1n) is 6.99. The van der Waals surface area contributed by atoms with Crippen molar-refractivity contribution in [2.24, 2.45) is 5.92 Å². The van der Waals surface area contributed by atoms with Crippen molar-refractivity contribution >= 4 is 23.2 Å². The van der Waals surface area contributed by atoms with E-state index in [9.17, 15) is 14.7 Å². The van der Waals surface area contributed by atoms with E-state index in [0.717, 1.165) is 5.56 Å². The molecule has 1 aliphatic rings. The summed E-state index contributed by atoms with van der Waals surface area (Å²) in [5.74, 6) is -1.15. The molecule has 1 atom stereocenters. The van der Waals surface area contributed by atoms with Crippen molar-refractivity contribution in [1.29, 1.82) is 0 Å². The van der Waals surface area contributed by atoms with Crippen molar-refractivity contribution in [2.45, 2.75) is 18.9 Å². The highest BCUT2D eigenvalue weighted by Crippen LogP contribution is 2.17. The molecule has 0 spiro atoms. The zero-order chi connectivity index (χ0) is 15.2. The summed E-state index contributed by atoms with van der Waals surface area (Å²) in [6.45, 7) is 1.47. The molecule has 0 aromatic carbocycles. The molecule has 116 valence electrons. The van der Waals surface area contributed by atoms with E-state index in [2.05, 4.69) is 5.32 Å². The number of aliphatic hydroxyl groups excluding tert-OH is 1. The summed E-state index contributed by atoms with van der Waals surface area (Å²) in [6.07, 6.45) is 0.416. The number of nitrogens with zero attached hydrogens (tertiary/aromatic N) is 1. The Bertz CT molecular complexity index is 469. The Morgan fingerprint density at radius 2 is 2.14 bits per heavy atom. The highest BCUT2D eigenvalue weighted by molar-refractivity contribution is 7.07. The molecule has 1 saturated heterocycles. The van der Waals surface area contributed by atoms with Crippen LogP contribution in [0.15, 0.2) is 16.8 Å². The average Bonchev–Trinajstić information content (AvgIpc) is 3.01. The van der Waals surface area contributed by atoms with Gasteiger partial charge in [0.15, 0.2) is 0 Å². The number of carboxylic acid groups (broad SMARTS) is 1. The lowest BCUT2D eigenvalue weighted by atomic mass is 9.97. The summed E-state index contributed by atoms with van der Waals surface area (Å²) in [4.78, 5) is 24.5. The third kappa shape index (κ3) is 4.52. The zero-order valence-electron chi connectivity index (χ0n) is 11.7. The summed E-state index contributed by atoms with van der Waals surface area (Å²) in [7, 11) is 0. The van der Waals surface area contributed by atoms with Crippen LogP contribution in [0.3, 0.4) is 0 Å². The van der Waals surface area contributed by atoms with Crippen LogP contribution in [0.4, 0.5) is 0 Å². The van der Waals surface area contributed by atoms with Crippen LogP contribution in [0.2, 0.25) is 0 Å². The van der Waals surface area contributed by atoms with Gasteiger partial charge in [0.25, 0.3) is 0 Å². The fourth-order valence-corrected chi connectivity index (χ4v) is 3.09. The fraction of sp³-hybridized carbons (Fsp3) is 0.571. The number of carboxylic acids is 1. The number of hydrogen-bond donors (Lipinski definition) is 3. The first kappa shape index (κ1) is 15.9. The molecule has 0 radical (unpaired) electrons. The molecule has 21 heavy (non-hydrogen) atoms. The van der Waals surface area contributed by atoms with Gasteiger partial charge >= 0.3 is 5.97 Å². The Labute approximate surface area is 127 Å². The van der Waals surface area contributed by atoms with E-state index >= 15 is 0 Å². The molecule has 1 aromatic heterocycles. The Balaban J connectivity index is 1.67. The van der Waals surface area contributed by atoms with E-state index < -0.39 is 12.1 Å². The normalized spacial score (nSPS) is 17.7. The van der Waals surface area contributed by atoms with Gasteiger partial charge < -0.3 is 20.4 Å². The van der Waals surface area contributed by atoms with Crippen molar-refractivity contribution < 1.29 is 19.8 Å². The van der Waals surface area contributed by atoms with E-state index in [1.165, 1.54) is 11.3 Å². The third-order valence-electron chi connectivity index (χ3n) is 3.74. The minimum absolute atomic E-state index is 0.0450. The Kier molecular flexibility index (Phi) is 5.72. The lowest BCUT2D eigenvalue weighted by Crippen LogP contribution is -2.44. The molecule has 1 unspecified atom stereocenters. The highest BCUT2D eigenvalue weighted by Gasteiger charge is 2.26. The minimum atomic E-state index is -0.779. The molecule has 3 N–H and O–H groups in total. The summed E-state index contributed by atoms with van der Waals surface area (Å²) in [5, 5.41) is 25.5. The van der Waals surface area contributed by atoms with Crippen molar-refractivity contribution in [3.63, 3.8) is 0 Å². The molecular formula is C14H20N2O4S. The van der Waals surface area contributed by atoms with Gasteiger partial charge in [-0.1, -0.05) is 0 Å². The van der Waals surface area contributed by atoms with Crippen LogP contribution in [0.5, 0.6) is 0 Å². The van der Waals surface area contributed by atoms with E-state index in [4.69, 9.17) is 5.11 Å². The van der Waals surface area contributed by atoms with E-state index in [0.29, 0.717) is 32.5 Å². The second-order valence-corrected chi connectivity index (χ2v) is 5.98. The number of aliphatic hydroxyl groups is 1. The number of thiophene rings is 1. The smallest absolute Gasteiger partial charge is 0.306 e. The van der Waals surface area contributed by atoms with Gasteiger partial charge in [-0.2, -0.15) is 11.3 Å². The number of aliphatic carboxylic acids is 1. The molecule has 1 fully saturated rings. The standard InChI is InChI=1S/C14H20N2O4S/c17-12(11-3-6-21-9-11)7-15-8-13(18)16-4-1-10(2-5-16)14(19)20/h3,6,9-10,12,15,17H,1-2,4-5,7-8H2,(H,19,20). The summed E-state index contributed by atoms with van der Waals surface area (Å²) in [6, 6.07) is 1.86. The molecule has 1 aromatic rings. The highest BCUT2D eigenvalue weighted by atomic mass is 32.1. The number of hydrogen-bond acceptors (Lipinski definition) is 5. The van der Waals surface area contributed by atoms with E-state index in [1.807, 2.05) is 16.8 Å². The van der Waals surface area contributed by atoms with Gasteiger partial charge in [0.1, 0.15) is 0 Å². The second kappa shape index (κ2) is 7.53. The molecule has 2 heterocycles. The van der Waals surface area contributed by atoms with Gasteiger partial charge in [-0.3, -0.25) is 9.59 Å². The van der Waals surface area contributed by atoms with Gasteiger partial charge in [0.2, 0.25) is 5.91 Å². The number of amides is 1. The average molecular weight is 312 g/mol. The maximum atomic E-state index is 12.0. The van der Waals surface area contributed by atoms with Crippen LogP contribution in [-0.2, 0) is 9.59 Å². The summed E-state index contributed by atoms with van der Waals surface area (Å²) < 4.78 is 0. The largest absolute Gasteiger partial charge is 0.481 e. The van der Waals surface area contributed by atoms with Crippen LogP contribution in [0.25, 0.3) is 0 Å². The monoisotopic (exact) mass is 312 g/mol. The molecule has 1 aliphatic heterocycles. The Hall–Kier alpha value is -1.44. The number of carbonyl (C=O) groups excluding carboxylic acids is 1. The number of likely N-dealkylation sites (tertiary alicyclic amines) is 1. The number of nitrogens with one attached hydrogen (secondary N) is 1. The number of carbonyl (C=O) groups is 2. The van der Waals surface area contributed by atoms with Crippen molar-refractivity contribution in [2.75, 3.05) is 26.2 Å². The second-order valence-electron chi connectivity index (χ2n) is 5.20. The zero-order valence-corrected chi connectivity index (χ0v) is 12.5. The summed E-state index contributed by atoms with van der Waals surface area (Å²) in [5.41, 5.74) is 0.849. The quantitative estimate of drug-likeness (QED) is 0.719. The molecule has 7 heteroatoms. The van der Waals surface area contributed by atoms with Crippen molar-refractivity contribution in [3.05, 3.63) is 22.4 Å². The fourth-order valence-electron chi connectivity index (χ4n) is 2.39. The Morgan fingerprint density at radius 3 is 2.71 bits per heavy atom. The number of rotatable bonds is 6. The molecule has 1 amide bonds. The number of piperidine rings is 1. The first-order chi connectivity index (χ1) is 10.1. The topological polar surface area (TPSA) is 89.9 Å². The van der Waals surface area contributed by atoms with Gasteiger partial charge in [-0.15, -0.1) is 0 Å². The summed E-state index contributed by atoms with van der Waals surface area (Å²) >= 11 is 1.52. The maximum Gasteiger partial charge on any atom is 0.306 e. The van der Waals surface area contributed by atoms with Gasteiger partial charge in [-0.05, 0) is 35.2 Å². The van der Waals surface area contributed by atoms with Crippen molar-refractivity contribution in [1.82, 2.24) is 10.2 Å². The lowest BCUT2D eigenvalue weighted by Gasteiger charge is -2.30. The maximum absolute atomic E-state index is 12.0. The lowest BCUT2D eigenvalue weighted by molar-refractivity contribution is -0.145. The Morgan fingerprint density at radius 1 is 1.43 bits per heavy atom. The molecule has 0 saturated carbocycles. The molecule has 6 nitrogen and oxygen atoms in total. The molecule has 2 rings (SSSR count). The SMILES string of the molecule is O=C(O)C1CCN(C(=O)CNCC(O)c2ccsc2)CC1. The van der Waals surface area contributed by atoms with Gasteiger partial charge in [0.05, 0.1) is 18.6 Å². The predicted octanol–water partition coefficient (Wildman–Crippen LogP) is 0.694. The van der Waals surface area contributed by atoms with Crippen molar-refractivity contribution in [3.8, 4) is 0 Å². The minimum Gasteiger partial charge on any atom is -0.481 e. The van der Waals surface area contributed by atoms with Gasteiger partial charge in [0, 0.05) is 19.6 Å². The molecule has 0 aliphatic carbocycles. The van der Waals surface area contributed by atoms with Gasteiger partial charge in [-0.25, -0.2) is 0 Å². The van der Waals surface area contributed by atoms with Crippen LogP contribution >= 0.6 is 11.3 Å². The van der Waals surface area contributed by atoms with Crippen LogP contribution < -0.4 is 5.32 Å². The first-order valence-corrected chi connectivity index (χ1v) is 7.93. The van der Waals surface area contributed by atoms with Crippen LogP contribution in [-0.4, -0.2) is 53.2 Å². The van der Waals surface area contributed by atoms with E-state index in [-0.39, 0.29) is 18.4 Å².